The molecule has 8 heteroatoms. The lowest BCUT2D eigenvalue weighted by atomic mass is 10.2. The van der Waals surface area contributed by atoms with E-state index in [-0.39, 0.29) is 23.6 Å². The van der Waals surface area contributed by atoms with Crippen LogP contribution in [0.1, 0.15) is 25.3 Å². The van der Waals surface area contributed by atoms with Gasteiger partial charge < -0.3 is 10.4 Å². The molecule has 0 fully saturated rings. The van der Waals surface area contributed by atoms with Gasteiger partial charge in [-0.3, -0.25) is 9.59 Å². The summed E-state index contributed by atoms with van der Waals surface area (Å²) in [7, 11) is -3.81. The Kier molecular flexibility index (Phi) is 4.29. The van der Waals surface area contributed by atoms with Gasteiger partial charge in [0.25, 0.3) is 0 Å². The largest absolute Gasteiger partial charge is 0.481 e. The van der Waals surface area contributed by atoms with Crippen molar-refractivity contribution in [1.29, 1.82) is 0 Å². The zero-order valence-corrected chi connectivity index (χ0v) is 12.2. The summed E-state index contributed by atoms with van der Waals surface area (Å²) in [5, 5.41) is 11.4. The Morgan fingerprint density at radius 3 is 2.81 bits per heavy atom. The number of benzene rings is 1. The van der Waals surface area contributed by atoms with Crippen LogP contribution < -0.4 is 10.0 Å². The van der Waals surface area contributed by atoms with Crippen LogP contribution in [0.15, 0.2) is 23.1 Å². The number of hydrogen-bond acceptors (Lipinski definition) is 4. The van der Waals surface area contributed by atoms with E-state index in [1.807, 2.05) is 0 Å². The first-order valence-electron chi connectivity index (χ1n) is 6.48. The van der Waals surface area contributed by atoms with Crippen LogP contribution in [-0.4, -0.2) is 31.4 Å². The van der Waals surface area contributed by atoms with Gasteiger partial charge in [-0.1, -0.05) is 6.92 Å². The highest BCUT2D eigenvalue weighted by molar-refractivity contribution is 7.89. The molecule has 1 aliphatic heterocycles. The van der Waals surface area contributed by atoms with Crippen LogP contribution in [0.25, 0.3) is 0 Å². The number of fused-ring (bicyclic) bond motifs is 1. The van der Waals surface area contributed by atoms with E-state index in [0.29, 0.717) is 17.7 Å². The quantitative estimate of drug-likeness (QED) is 0.716. The molecule has 1 aliphatic rings. The van der Waals surface area contributed by atoms with Crippen LogP contribution in [0.5, 0.6) is 0 Å². The fourth-order valence-corrected chi connectivity index (χ4v) is 3.51. The Bertz CT molecular complexity index is 684. The summed E-state index contributed by atoms with van der Waals surface area (Å²) in [4.78, 5) is 22.0. The normalized spacial score (nSPS) is 15.4. The number of aliphatic carboxylic acids is 1. The van der Waals surface area contributed by atoms with E-state index in [2.05, 4.69) is 10.0 Å². The highest BCUT2D eigenvalue weighted by Gasteiger charge is 2.24. The van der Waals surface area contributed by atoms with E-state index in [4.69, 9.17) is 5.11 Å². The van der Waals surface area contributed by atoms with Crippen LogP contribution in [-0.2, 0) is 26.0 Å². The van der Waals surface area contributed by atoms with Crippen molar-refractivity contribution in [2.75, 3.05) is 5.32 Å². The Balaban J connectivity index is 2.22. The second-order valence-electron chi connectivity index (χ2n) is 4.87. The molecule has 1 aromatic rings. The highest BCUT2D eigenvalue weighted by atomic mass is 32.2. The third-order valence-electron chi connectivity index (χ3n) is 3.25. The molecule has 1 amide bonds. The Labute approximate surface area is 122 Å². The predicted octanol–water partition coefficient (Wildman–Crippen LogP) is 0.713. The number of anilines is 1. The molecule has 1 atom stereocenters. The van der Waals surface area contributed by atoms with E-state index in [0.717, 1.165) is 0 Å². The topological polar surface area (TPSA) is 113 Å². The smallest absolute Gasteiger partial charge is 0.304 e. The maximum Gasteiger partial charge on any atom is 0.304 e. The maximum atomic E-state index is 12.3. The molecule has 0 saturated heterocycles. The maximum absolute atomic E-state index is 12.3. The molecule has 0 spiro atoms. The van der Waals surface area contributed by atoms with Crippen LogP contribution in [0.3, 0.4) is 0 Å². The van der Waals surface area contributed by atoms with E-state index < -0.39 is 22.0 Å². The molecule has 0 bridgehead atoms. The molecule has 2 rings (SSSR count). The summed E-state index contributed by atoms with van der Waals surface area (Å²) >= 11 is 0. The number of carboxylic acids is 1. The lowest BCUT2D eigenvalue weighted by Crippen LogP contribution is -2.36. The zero-order chi connectivity index (χ0) is 15.6. The number of hydrogen-bond donors (Lipinski definition) is 3. The molecule has 0 saturated carbocycles. The molecule has 1 unspecified atom stereocenters. The predicted molar refractivity (Wildman–Crippen MR) is 75.4 cm³/mol. The summed E-state index contributed by atoms with van der Waals surface area (Å²) in [6, 6.07) is 3.69. The summed E-state index contributed by atoms with van der Waals surface area (Å²) in [6.45, 7) is 1.71. The SMILES string of the molecule is CCC(CC(=O)O)NS(=O)(=O)c1ccc2c(c1)CC(=O)N2. The number of sulfonamides is 1. The number of carbonyl (C=O) groups is 2. The van der Waals surface area contributed by atoms with Gasteiger partial charge in [0.2, 0.25) is 15.9 Å². The first-order valence-corrected chi connectivity index (χ1v) is 7.97. The minimum atomic E-state index is -3.81. The van der Waals surface area contributed by atoms with E-state index in [9.17, 15) is 18.0 Å². The minimum absolute atomic E-state index is 0.0292. The van der Waals surface area contributed by atoms with Gasteiger partial charge >= 0.3 is 5.97 Å². The molecule has 21 heavy (non-hydrogen) atoms. The fourth-order valence-electron chi connectivity index (χ4n) is 2.14. The van der Waals surface area contributed by atoms with Crippen molar-refractivity contribution in [3.05, 3.63) is 23.8 Å². The van der Waals surface area contributed by atoms with Gasteiger partial charge in [0, 0.05) is 11.7 Å². The van der Waals surface area contributed by atoms with Crippen molar-refractivity contribution < 1.29 is 23.1 Å². The third kappa shape index (κ3) is 3.59. The summed E-state index contributed by atoms with van der Waals surface area (Å²) in [5.74, 6) is -1.24. The van der Waals surface area contributed by atoms with Crippen LogP contribution in [0, 0.1) is 0 Å². The Morgan fingerprint density at radius 1 is 1.48 bits per heavy atom. The molecule has 0 aromatic heterocycles. The molecule has 7 nitrogen and oxygen atoms in total. The van der Waals surface area contributed by atoms with Crippen LogP contribution in [0.4, 0.5) is 5.69 Å². The summed E-state index contributed by atoms with van der Waals surface area (Å²) in [6.07, 6.45) is 0.238. The minimum Gasteiger partial charge on any atom is -0.481 e. The van der Waals surface area contributed by atoms with E-state index >= 15 is 0 Å². The van der Waals surface area contributed by atoms with Crippen molar-refractivity contribution in [2.24, 2.45) is 0 Å². The van der Waals surface area contributed by atoms with Gasteiger partial charge in [-0.05, 0) is 30.2 Å². The molecule has 3 N–H and O–H groups in total. The summed E-state index contributed by atoms with van der Waals surface area (Å²) < 4.78 is 26.9. The monoisotopic (exact) mass is 312 g/mol. The lowest BCUT2D eigenvalue weighted by Gasteiger charge is -2.15. The van der Waals surface area contributed by atoms with Crippen LogP contribution in [0.2, 0.25) is 0 Å². The molecule has 114 valence electrons. The lowest BCUT2D eigenvalue weighted by molar-refractivity contribution is -0.137. The number of rotatable bonds is 6. The third-order valence-corrected chi connectivity index (χ3v) is 4.77. The average Bonchev–Trinajstić information content (AvgIpc) is 2.76. The number of nitrogens with one attached hydrogen (secondary N) is 2. The highest BCUT2D eigenvalue weighted by Crippen LogP contribution is 2.25. The first-order chi connectivity index (χ1) is 9.81. The van der Waals surface area contributed by atoms with Gasteiger partial charge in [-0.2, -0.15) is 0 Å². The van der Waals surface area contributed by atoms with Crippen molar-refractivity contribution in [2.45, 2.75) is 37.1 Å². The number of carboxylic acid groups (broad SMARTS) is 1. The van der Waals surface area contributed by atoms with E-state index in [1.54, 1.807) is 6.92 Å². The molecule has 0 aliphatic carbocycles. The second kappa shape index (κ2) is 5.82. The van der Waals surface area contributed by atoms with Gasteiger partial charge in [0.1, 0.15) is 0 Å². The molecule has 0 radical (unpaired) electrons. The van der Waals surface area contributed by atoms with Crippen molar-refractivity contribution >= 4 is 27.6 Å². The van der Waals surface area contributed by atoms with Gasteiger partial charge in [0.15, 0.2) is 0 Å². The Morgan fingerprint density at radius 2 is 2.19 bits per heavy atom. The van der Waals surface area contributed by atoms with Gasteiger partial charge in [-0.25, -0.2) is 13.1 Å². The first kappa shape index (κ1) is 15.5. The number of carbonyl (C=O) groups excluding carboxylic acids is 1. The molecule has 1 aromatic carbocycles. The van der Waals surface area contributed by atoms with Gasteiger partial charge in [-0.15, -0.1) is 0 Å². The Hall–Kier alpha value is -1.93. The van der Waals surface area contributed by atoms with Crippen molar-refractivity contribution in [3.63, 3.8) is 0 Å². The van der Waals surface area contributed by atoms with Crippen molar-refractivity contribution in [3.8, 4) is 0 Å². The summed E-state index contributed by atoms with van der Waals surface area (Å²) in [5.41, 5.74) is 1.23. The average molecular weight is 312 g/mol. The van der Waals surface area contributed by atoms with Crippen LogP contribution >= 0.6 is 0 Å². The second-order valence-corrected chi connectivity index (χ2v) is 6.58. The molecular formula is C13H16N2O5S. The van der Waals surface area contributed by atoms with Gasteiger partial charge in [0.05, 0.1) is 17.7 Å². The fraction of sp³-hybridized carbons (Fsp3) is 0.385. The standard InChI is InChI=1S/C13H16N2O5S/c1-2-9(7-13(17)18)15-21(19,20)10-3-4-11-8(5-10)6-12(16)14-11/h3-5,9,15H,2,6-7H2,1H3,(H,14,16)(H,17,18). The van der Waals surface area contributed by atoms with E-state index in [1.165, 1.54) is 18.2 Å². The molecular weight excluding hydrogens is 296 g/mol. The molecule has 1 heterocycles. The zero-order valence-electron chi connectivity index (χ0n) is 11.4. The van der Waals surface area contributed by atoms with Crippen molar-refractivity contribution in [1.82, 2.24) is 4.72 Å². The number of amides is 1.